The number of nitrogens with zero attached hydrogens (tertiary/aromatic N) is 3. The van der Waals surface area contributed by atoms with Crippen molar-refractivity contribution in [2.45, 2.75) is 16.8 Å². The number of hydrogen-bond donors (Lipinski definition) is 2. The summed E-state index contributed by atoms with van der Waals surface area (Å²) in [4.78, 5) is 18.0. The number of aryl methyl sites for hydroxylation is 1. The molecule has 1 amide bonds. The van der Waals surface area contributed by atoms with Gasteiger partial charge in [0.05, 0.1) is 0 Å². The first-order valence-electron chi connectivity index (χ1n) is 9.02. The van der Waals surface area contributed by atoms with Crippen LogP contribution in [0.15, 0.2) is 88.9 Å². The molecule has 0 spiro atoms. The first-order valence-corrected chi connectivity index (χ1v) is 9.84. The smallest absolute Gasteiger partial charge is 0.255 e. The molecular formula is C22H19N5OS. The number of nitrogens with one attached hydrogen (secondary N) is 1. The molecule has 0 fully saturated rings. The maximum absolute atomic E-state index is 12.7. The highest BCUT2D eigenvalue weighted by Crippen LogP contribution is 2.37. The van der Waals surface area contributed by atoms with E-state index >= 15 is 0 Å². The van der Waals surface area contributed by atoms with Crippen LogP contribution < -0.4 is 11.1 Å². The summed E-state index contributed by atoms with van der Waals surface area (Å²) in [5.41, 5.74) is 8.56. The average molecular weight is 401 g/mol. The second kappa shape index (κ2) is 8.20. The fourth-order valence-electron chi connectivity index (χ4n) is 2.75. The minimum atomic E-state index is -0.247. The third-order valence-electron chi connectivity index (χ3n) is 4.27. The largest absolute Gasteiger partial charge is 0.382 e. The minimum Gasteiger partial charge on any atom is -0.382 e. The van der Waals surface area contributed by atoms with Crippen LogP contribution in [0, 0.1) is 6.92 Å². The zero-order valence-corrected chi connectivity index (χ0v) is 16.6. The maximum atomic E-state index is 12.7. The van der Waals surface area contributed by atoms with E-state index in [1.165, 1.54) is 22.0 Å². The number of pyridine rings is 1. The number of anilines is 2. The molecule has 3 N–H and O–H groups in total. The molecular weight excluding hydrogens is 382 g/mol. The van der Waals surface area contributed by atoms with Gasteiger partial charge in [-0.25, -0.2) is 4.98 Å². The van der Waals surface area contributed by atoms with Gasteiger partial charge < -0.3 is 11.1 Å². The van der Waals surface area contributed by atoms with E-state index in [2.05, 4.69) is 15.4 Å². The van der Waals surface area contributed by atoms with Gasteiger partial charge in [0.1, 0.15) is 10.7 Å². The molecule has 6 nitrogen and oxygen atoms in total. The Kier molecular flexibility index (Phi) is 5.31. The van der Waals surface area contributed by atoms with Crippen molar-refractivity contribution in [2.24, 2.45) is 0 Å². The summed E-state index contributed by atoms with van der Waals surface area (Å²) in [6, 6.07) is 22.6. The standard InChI is InChI=1S/C22H19N5OS/c1-15-10-12-17(13-11-15)29-22-19(25-21(28)16-7-3-2-4-8-16)20(23)27(26-22)18-9-5-6-14-24-18/h2-14H,23H2,1H3,(H,25,28). The second-order valence-corrected chi connectivity index (χ2v) is 7.46. The lowest BCUT2D eigenvalue weighted by atomic mass is 10.2. The summed E-state index contributed by atoms with van der Waals surface area (Å²) in [5.74, 6) is 0.655. The molecule has 2 aromatic heterocycles. The molecule has 4 aromatic rings. The van der Waals surface area contributed by atoms with Gasteiger partial charge in [0, 0.05) is 16.7 Å². The summed E-state index contributed by atoms with van der Waals surface area (Å²) in [7, 11) is 0. The molecule has 0 aliphatic rings. The van der Waals surface area contributed by atoms with Crippen molar-refractivity contribution >= 4 is 29.2 Å². The van der Waals surface area contributed by atoms with Crippen LogP contribution in [-0.2, 0) is 0 Å². The van der Waals surface area contributed by atoms with E-state index in [0.29, 0.717) is 27.9 Å². The van der Waals surface area contributed by atoms with Crippen molar-refractivity contribution in [1.29, 1.82) is 0 Å². The lowest BCUT2D eigenvalue weighted by Gasteiger charge is -2.07. The van der Waals surface area contributed by atoms with Crippen LogP contribution >= 0.6 is 11.8 Å². The predicted molar refractivity (Wildman–Crippen MR) is 115 cm³/mol. The number of hydrogen-bond acceptors (Lipinski definition) is 5. The molecule has 0 bridgehead atoms. The van der Waals surface area contributed by atoms with Crippen molar-refractivity contribution in [2.75, 3.05) is 11.1 Å². The van der Waals surface area contributed by atoms with E-state index in [-0.39, 0.29) is 5.91 Å². The van der Waals surface area contributed by atoms with Crippen molar-refractivity contribution in [3.63, 3.8) is 0 Å². The number of rotatable bonds is 5. The van der Waals surface area contributed by atoms with E-state index in [4.69, 9.17) is 5.73 Å². The summed E-state index contributed by atoms with van der Waals surface area (Å²) in [6.45, 7) is 2.04. The molecule has 2 heterocycles. The number of carbonyl (C=O) groups excluding carboxylic acids is 1. The molecule has 4 rings (SSSR count). The van der Waals surface area contributed by atoms with Crippen LogP contribution in [0.3, 0.4) is 0 Å². The van der Waals surface area contributed by atoms with E-state index in [9.17, 15) is 4.79 Å². The zero-order chi connectivity index (χ0) is 20.2. The summed E-state index contributed by atoms with van der Waals surface area (Å²) in [6.07, 6.45) is 1.67. The number of benzene rings is 2. The first kappa shape index (κ1) is 18.8. The number of nitrogen functional groups attached to an aromatic ring is 1. The van der Waals surface area contributed by atoms with Gasteiger partial charge in [-0.05, 0) is 43.3 Å². The molecule has 0 unspecified atom stereocenters. The Balaban J connectivity index is 1.73. The first-order chi connectivity index (χ1) is 14.1. The second-order valence-electron chi connectivity index (χ2n) is 6.40. The molecule has 0 saturated heterocycles. The van der Waals surface area contributed by atoms with Crippen molar-refractivity contribution < 1.29 is 4.79 Å². The van der Waals surface area contributed by atoms with Crippen LogP contribution in [0.25, 0.3) is 5.82 Å². The Hall–Kier alpha value is -3.58. The van der Waals surface area contributed by atoms with Gasteiger partial charge in [0.25, 0.3) is 5.91 Å². The van der Waals surface area contributed by atoms with E-state index in [0.717, 1.165) is 4.90 Å². The molecule has 0 aliphatic carbocycles. The minimum absolute atomic E-state index is 0.247. The SMILES string of the molecule is Cc1ccc(Sc2nn(-c3ccccn3)c(N)c2NC(=O)c2ccccc2)cc1. The van der Waals surface area contributed by atoms with Crippen LogP contribution in [0.4, 0.5) is 11.5 Å². The fourth-order valence-corrected chi connectivity index (χ4v) is 3.62. The number of nitrogens with two attached hydrogens (primary N) is 1. The van der Waals surface area contributed by atoms with Crippen LogP contribution in [0.1, 0.15) is 15.9 Å². The van der Waals surface area contributed by atoms with Gasteiger partial charge in [-0.1, -0.05) is 53.7 Å². The van der Waals surface area contributed by atoms with E-state index < -0.39 is 0 Å². The fraction of sp³-hybridized carbons (Fsp3) is 0.0455. The molecule has 2 aromatic carbocycles. The monoisotopic (exact) mass is 401 g/mol. The molecule has 0 atom stereocenters. The van der Waals surface area contributed by atoms with Gasteiger partial charge >= 0.3 is 0 Å². The van der Waals surface area contributed by atoms with Gasteiger partial charge in [0.2, 0.25) is 0 Å². The Morgan fingerprint density at radius 2 is 1.72 bits per heavy atom. The Morgan fingerprint density at radius 1 is 1.00 bits per heavy atom. The summed E-state index contributed by atoms with van der Waals surface area (Å²) < 4.78 is 1.54. The average Bonchev–Trinajstić information content (AvgIpc) is 3.06. The topological polar surface area (TPSA) is 85.8 Å². The van der Waals surface area contributed by atoms with Crippen molar-refractivity contribution in [3.05, 3.63) is 90.1 Å². The maximum Gasteiger partial charge on any atom is 0.255 e. The van der Waals surface area contributed by atoms with Crippen LogP contribution in [0.5, 0.6) is 0 Å². The third kappa shape index (κ3) is 4.14. The van der Waals surface area contributed by atoms with E-state index in [1.807, 2.05) is 67.6 Å². The molecule has 0 aliphatic heterocycles. The number of amides is 1. The highest BCUT2D eigenvalue weighted by atomic mass is 32.2. The molecule has 7 heteroatoms. The Bertz CT molecular complexity index is 1130. The normalized spacial score (nSPS) is 10.7. The number of carbonyl (C=O) groups is 1. The van der Waals surface area contributed by atoms with Crippen LogP contribution in [-0.4, -0.2) is 20.7 Å². The molecule has 0 radical (unpaired) electrons. The quantitative estimate of drug-likeness (QED) is 0.512. The van der Waals surface area contributed by atoms with Crippen LogP contribution in [0.2, 0.25) is 0 Å². The van der Waals surface area contributed by atoms with Gasteiger partial charge in [-0.3, -0.25) is 4.79 Å². The van der Waals surface area contributed by atoms with Gasteiger partial charge in [0.15, 0.2) is 11.6 Å². The molecule has 144 valence electrons. The highest BCUT2D eigenvalue weighted by molar-refractivity contribution is 7.99. The molecule has 29 heavy (non-hydrogen) atoms. The van der Waals surface area contributed by atoms with Gasteiger partial charge in [-0.15, -0.1) is 0 Å². The summed E-state index contributed by atoms with van der Waals surface area (Å²) >= 11 is 1.44. The summed E-state index contributed by atoms with van der Waals surface area (Å²) in [5, 5.41) is 8.14. The Morgan fingerprint density at radius 3 is 2.41 bits per heavy atom. The van der Waals surface area contributed by atoms with E-state index in [1.54, 1.807) is 18.3 Å². The van der Waals surface area contributed by atoms with Crippen molar-refractivity contribution in [1.82, 2.24) is 14.8 Å². The number of aromatic nitrogens is 3. The molecule has 0 saturated carbocycles. The van der Waals surface area contributed by atoms with Crippen molar-refractivity contribution in [3.8, 4) is 5.82 Å². The third-order valence-corrected chi connectivity index (χ3v) is 5.25. The Labute approximate surface area is 172 Å². The van der Waals surface area contributed by atoms with Gasteiger partial charge in [-0.2, -0.15) is 9.78 Å². The zero-order valence-electron chi connectivity index (χ0n) is 15.7. The highest BCUT2D eigenvalue weighted by Gasteiger charge is 2.21. The predicted octanol–water partition coefficient (Wildman–Crippen LogP) is 4.56. The lowest BCUT2D eigenvalue weighted by molar-refractivity contribution is 0.102. The lowest BCUT2D eigenvalue weighted by Crippen LogP contribution is -2.13.